The van der Waals surface area contributed by atoms with Crippen LogP contribution in [0, 0.1) is 0 Å². The first-order valence-corrected chi connectivity index (χ1v) is 6.59. The van der Waals surface area contributed by atoms with Crippen LogP contribution in [0.5, 0.6) is 0 Å². The van der Waals surface area contributed by atoms with Crippen molar-refractivity contribution in [2.24, 2.45) is 0 Å². The van der Waals surface area contributed by atoms with Gasteiger partial charge in [-0.2, -0.15) is 0 Å². The molecule has 2 amide bonds. The van der Waals surface area contributed by atoms with Crippen LogP contribution in [0.1, 0.15) is 26.3 Å². The van der Waals surface area contributed by atoms with E-state index in [0.717, 1.165) is 5.56 Å². The van der Waals surface area contributed by atoms with Crippen molar-refractivity contribution in [3.05, 3.63) is 30.1 Å². The monoisotopic (exact) mass is 295 g/mol. The van der Waals surface area contributed by atoms with Crippen LogP contribution in [0.4, 0.5) is 4.79 Å². The fraction of sp³-hybridized carbons (Fsp3) is 0.500. The maximum atomic E-state index is 11.6. The van der Waals surface area contributed by atoms with Crippen molar-refractivity contribution in [1.82, 2.24) is 15.6 Å². The lowest BCUT2D eigenvalue weighted by Crippen LogP contribution is -2.43. The Bertz CT molecular complexity index is 471. The zero-order valence-electron chi connectivity index (χ0n) is 12.4. The Hall–Kier alpha value is -2.15. The number of aliphatic hydroxyl groups excluding tert-OH is 1. The molecule has 0 saturated heterocycles. The van der Waals surface area contributed by atoms with Crippen LogP contribution < -0.4 is 10.6 Å². The quantitative estimate of drug-likeness (QED) is 0.738. The molecule has 1 rings (SSSR count). The fourth-order valence-corrected chi connectivity index (χ4v) is 1.39. The predicted octanol–water partition coefficient (Wildman–Crippen LogP) is 0.583. The van der Waals surface area contributed by atoms with E-state index in [0.29, 0.717) is 0 Å². The molecule has 21 heavy (non-hydrogen) atoms. The Kier molecular flexibility index (Phi) is 6.10. The van der Waals surface area contributed by atoms with Crippen LogP contribution in [0.15, 0.2) is 24.5 Å². The summed E-state index contributed by atoms with van der Waals surface area (Å²) in [5.41, 5.74) is 0.240. The average Bonchev–Trinajstić information content (AvgIpc) is 2.41. The van der Waals surface area contributed by atoms with Gasteiger partial charge in [0.25, 0.3) is 5.91 Å². The number of aliphatic hydroxyl groups is 1. The number of carbonyl (C=O) groups excluding carboxylic acids is 2. The first kappa shape index (κ1) is 16.9. The summed E-state index contributed by atoms with van der Waals surface area (Å²) in [6.07, 6.45) is 1.21. The summed E-state index contributed by atoms with van der Waals surface area (Å²) < 4.78 is 5.00. The topological polar surface area (TPSA) is 101 Å². The van der Waals surface area contributed by atoms with E-state index in [4.69, 9.17) is 4.74 Å². The Morgan fingerprint density at radius 3 is 2.48 bits per heavy atom. The molecule has 116 valence electrons. The number of amides is 2. The summed E-state index contributed by atoms with van der Waals surface area (Å²) in [4.78, 5) is 26.9. The molecule has 0 aliphatic rings. The molecule has 1 heterocycles. The molecule has 7 heteroatoms. The predicted molar refractivity (Wildman–Crippen MR) is 76.3 cm³/mol. The lowest BCUT2D eigenvalue weighted by molar-refractivity contribution is -0.129. The lowest BCUT2D eigenvalue weighted by Gasteiger charge is -2.20. The minimum atomic E-state index is -1.33. The smallest absolute Gasteiger partial charge is 0.407 e. The van der Waals surface area contributed by atoms with E-state index in [1.807, 2.05) is 0 Å². The number of rotatable bonds is 5. The molecule has 1 aromatic heterocycles. The Balaban J connectivity index is 2.30. The number of carbonyl (C=O) groups is 2. The number of hydrogen-bond acceptors (Lipinski definition) is 5. The Morgan fingerprint density at radius 2 is 1.90 bits per heavy atom. The molecule has 3 N–H and O–H groups in total. The second kappa shape index (κ2) is 7.58. The second-order valence-electron chi connectivity index (χ2n) is 5.47. The van der Waals surface area contributed by atoms with Crippen molar-refractivity contribution in [2.45, 2.75) is 39.0 Å². The van der Waals surface area contributed by atoms with Crippen LogP contribution in [-0.4, -0.2) is 40.3 Å². The third-order valence-corrected chi connectivity index (χ3v) is 2.36. The van der Waals surface area contributed by atoms with Crippen molar-refractivity contribution in [3.63, 3.8) is 0 Å². The maximum absolute atomic E-state index is 11.6. The molecule has 0 spiro atoms. The Labute approximate surface area is 123 Å². The molecule has 0 fully saturated rings. The Morgan fingerprint density at radius 1 is 1.29 bits per heavy atom. The van der Waals surface area contributed by atoms with Gasteiger partial charge in [0.15, 0.2) is 0 Å². The SMILES string of the molecule is CC(C)(C)OC(=O)NCC(O)C(=O)NCc1ccncc1. The van der Waals surface area contributed by atoms with Gasteiger partial charge in [-0.05, 0) is 38.5 Å². The van der Waals surface area contributed by atoms with Crippen LogP contribution in [0.2, 0.25) is 0 Å². The van der Waals surface area contributed by atoms with E-state index in [1.54, 1.807) is 45.3 Å². The summed E-state index contributed by atoms with van der Waals surface area (Å²) >= 11 is 0. The van der Waals surface area contributed by atoms with Crippen LogP contribution in [0.25, 0.3) is 0 Å². The van der Waals surface area contributed by atoms with Crippen LogP contribution in [0.3, 0.4) is 0 Å². The van der Waals surface area contributed by atoms with Crippen molar-refractivity contribution in [1.29, 1.82) is 0 Å². The highest BCUT2D eigenvalue weighted by molar-refractivity contribution is 5.81. The van der Waals surface area contributed by atoms with Crippen molar-refractivity contribution in [2.75, 3.05) is 6.54 Å². The number of ether oxygens (including phenoxy) is 1. The molecular formula is C14H21N3O4. The summed E-state index contributed by atoms with van der Waals surface area (Å²) in [6.45, 7) is 5.25. The van der Waals surface area contributed by atoms with Crippen molar-refractivity contribution in [3.8, 4) is 0 Å². The normalized spacial score (nSPS) is 12.4. The van der Waals surface area contributed by atoms with E-state index in [2.05, 4.69) is 15.6 Å². The molecule has 0 saturated carbocycles. The highest BCUT2D eigenvalue weighted by atomic mass is 16.6. The minimum Gasteiger partial charge on any atom is -0.444 e. The van der Waals surface area contributed by atoms with Gasteiger partial charge in [-0.25, -0.2) is 4.79 Å². The molecule has 0 radical (unpaired) electrons. The van der Waals surface area contributed by atoms with Crippen LogP contribution >= 0.6 is 0 Å². The largest absolute Gasteiger partial charge is 0.444 e. The standard InChI is InChI=1S/C14H21N3O4/c1-14(2,3)21-13(20)17-9-11(18)12(19)16-8-10-4-6-15-7-5-10/h4-7,11,18H,8-9H2,1-3H3,(H,16,19)(H,17,20). The molecule has 1 aromatic rings. The number of aromatic nitrogens is 1. The van der Waals surface area contributed by atoms with Gasteiger partial charge in [0.05, 0.1) is 6.54 Å². The van der Waals surface area contributed by atoms with Gasteiger partial charge in [0, 0.05) is 18.9 Å². The second-order valence-corrected chi connectivity index (χ2v) is 5.47. The maximum Gasteiger partial charge on any atom is 0.407 e. The minimum absolute atomic E-state index is 0.211. The molecule has 1 unspecified atom stereocenters. The molecular weight excluding hydrogens is 274 g/mol. The highest BCUT2D eigenvalue weighted by Crippen LogP contribution is 2.06. The lowest BCUT2D eigenvalue weighted by atomic mass is 10.2. The summed E-state index contributed by atoms with van der Waals surface area (Å²) in [6, 6.07) is 3.51. The number of nitrogens with zero attached hydrogens (tertiary/aromatic N) is 1. The number of hydrogen-bond donors (Lipinski definition) is 3. The summed E-state index contributed by atoms with van der Waals surface area (Å²) in [5.74, 6) is -0.567. The molecule has 7 nitrogen and oxygen atoms in total. The van der Waals surface area contributed by atoms with Gasteiger partial charge in [-0.3, -0.25) is 9.78 Å². The van der Waals surface area contributed by atoms with Gasteiger partial charge in [-0.15, -0.1) is 0 Å². The van der Waals surface area contributed by atoms with Gasteiger partial charge in [0.2, 0.25) is 0 Å². The molecule has 1 atom stereocenters. The number of alkyl carbamates (subject to hydrolysis) is 1. The number of nitrogens with one attached hydrogen (secondary N) is 2. The van der Waals surface area contributed by atoms with Crippen LogP contribution in [-0.2, 0) is 16.1 Å². The van der Waals surface area contributed by atoms with Gasteiger partial charge < -0.3 is 20.5 Å². The van der Waals surface area contributed by atoms with Crippen molar-refractivity contribution < 1.29 is 19.4 Å². The van der Waals surface area contributed by atoms with E-state index >= 15 is 0 Å². The van der Waals surface area contributed by atoms with E-state index in [-0.39, 0.29) is 13.1 Å². The van der Waals surface area contributed by atoms with Crippen molar-refractivity contribution >= 4 is 12.0 Å². The molecule has 0 aliphatic heterocycles. The van der Waals surface area contributed by atoms with E-state index in [9.17, 15) is 14.7 Å². The average molecular weight is 295 g/mol. The zero-order valence-corrected chi connectivity index (χ0v) is 12.4. The van der Waals surface area contributed by atoms with Gasteiger partial charge in [-0.1, -0.05) is 0 Å². The molecule has 0 bridgehead atoms. The third-order valence-electron chi connectivity index (χ3n) is 2.36. The number of pyridine rings is 1. The first-order valence-electron chi connectivity index (χ1n) is 6.59. The highest BCUT2D eigenvalue weighted by Gasteiger charge is 2.19. The molecule has 0 aromatic carbocycles. The summed E-state index contributed by atoms with van der Waals surface area (Å²) in [7, 11) is 0. The summed E-state index contributed by atoms with van der Waals surface area (Å²) in [5, 5.41) is 14.5. The third kappa shape index (κ3) is 7.26. The van der Waals surface area contributed by atoms with E-state index in [1.165, 1.54) is 0 Å². The first-order chi connectivity index (χ1) is 9.78. The molecule has 0 aliphatic carbocycles. The fourth-order valence-electron chi connectivity index (χ4n) is 1.39. The van der Waals surface area contributed by atoms with E-state index < -0.39 is 23.7 Å². The zero-order chi connectivity index (χ0) is 15.9. The van der Waals surface area contributed by atoms with Gasteiger partial charge >= 0.3 is 6.09 Å². The van der Waals surface area contributed by atoms with Gasteiger partial charge in [0.1, 0.15) is 11.7 Å².